The first-order chi connectivity index (χ1) is 13.3. The number of nitrogens with zero attached hydrogens (tertiary/aromatic N) is 3. The van der Waals surface area contributed by atoms with E-state index in [1.807, 2.05) is 29.8 Å². The number of hydrogen-bond donors (Lipinski definition) is 0. The van der Waals surface area contributed by atoms with Crippen molar-refractivity contribution in [2.24, 2.45) is 12.0 Å². The number of aryl methyl sites for hydroxylation is 1. The molecule has 1 aromatic heterocycles. The first kappa shape index (κ1) is 19.5. The third-order valence-electron chi connectivity index (χ3n) is 4.81. The fraction of sp³-hybridized carbons (Fsp3) is 0.263. The van der Waals surface area contributed by atoms with Crippen LogP contribution >= 0.6 is 27.3 Å². The molecule has 0 spiro atoms. The van der Waals surface area contributed by atoms with Gasteiger partial charge in [0.2, 0.25) is 10.0 Å². The Labute approximate surface area is 175 Å². The molecule has 28 heavy (non-hydrogen) atoms. The Morgan fingerprint density at radius 3 is 2.54 bits per heavy atom. The van der Waals surface area contributed by atoms with Gasteiger partial charge >= 0.3 is 0 Å². The molecule has 1 aliphatic carbocycles. The third kappa shape index (κ3) is 3.59. The molecule has 0 radical (unpaired) electrons. The number of thiazole rings is 1. The minimum atomic E-state index is -3.52. The summed E-state index contributed by atoms with van der Waals surface area (Å²) < 4.78 is 30.4. The van der Waals surface area contributed by atoms with Crippen LogP contribution in [0.15, 0.2) is 56.8 Å². The number of benzene rings is 2. The maximum absolute atomic E-state index is 12.6. The summed E-state index contributed by atoms with van der Waals surface area (Å²) in [5.74, 6) is -0.402. The molecule has 2 aromatic carbocycles. The van der Waals surface area contributed by atoms with Crippen molar-refractivity contribution in [2.45, 2.75) is 23.8 Å². The van der Waals surface area contributed by atoms with Gasteiger partial charge in [0.05, 0.1) is 15.1 Å². The molecule has 0 atom stereocenters. The van der Waals surface area contributed by atoms with Gasteiger partial charge in [0.15, 0.2) is 4.80 Å². The third-order valence-corrected chi connectivity index (χ3v) is 8.32. The molecule has 0 aliphatic heterocycles. The highest BCUT2D eigenvalue weighted by molar-refractivity contribution is 9.10. The van der Waals surface area contributed by atoms with Gasteiger partial charge in [-0.2, -0.15) is 9.30 Å². The van der Waals surface area contributed by atoms with E-state index in [2.05, 4.69) is 20.9 Å². The van der Waals surface area contributed by atoms with Gasteiger partial charge in [-0.25, -0.2) is 8.42 Å². The quantitative estimate of drug-likeness (QED) is 0.574. The van der Waals surface area contributed by atoms with Crippen molar-refractivity contribution in [3.05, 3.63) is 57.3 Å². The summed E-state index contributed by atoms with van der Waals surface area (Å²) in [4.78, 5) is 17.6. The molecule has 9 heteroatoms. The second kappa shape index (κ2) is 7.22. The summed E-state index contributed by atoms with van der Waals surface area (Å²) in [6.07, 6.45) is 1.79. The smallest absolute Gasteiger partial charge is 0.279 e. The zero-order chi connectivity index (χ0) is 20.1. The van der Waals surface area contributed by atoms with E-state index < -0.39 is 15.9 Å². The zero-order valence-electron chi connectivity index (χ0n) is 15.3. The van der Waals surface area contributed by atoms with Crippen LogP contribution in [0.3, 0.4) is 0 Å². The lowest BCUT2D eigenvalue weighted by molar-refractivity contribution is 0.0998. The van der Waals surface area contributed by atoms with E-state index in [-0.39, 0.29) is 10.9 Å². The molecule has 0 N–H and O–H groups in total. The molecule has 1 saturated carbocycles. The average molecular weight is 480 g/mol. The van der Waals surface area contributed by atoms with Gasteiger partial charge < -0.3 is 4.57 Å². The molecular weight excluding hydrogens is 462 g/mol. The second-order valence-corrected chi connectivity index (χ2v) is 10.7. The first-order valence-corrected chi connectivity index (χ1v) is 11.7. The molecule has 3 aromatic rings. The SMILES string of the molecule is CN(C1CC1)S(=O)(=O)c1ccc(C(=O)N=c2sc3cc(Br)ccc3n2C)cc1. The van der Waals surface area contributed by atoms with Crippen LogP contribution in [0, 0.1) is 0 Å². The first-order valence-electron chi connectivity index (χ1n) is 8.69. The van der Waals surface area contributed by atoms with E-state index >= 15 is 0 Å². The van der Waals surface area contributed by atoms with Crippen LogP contribution in [0.2, 0.25) is 0 Å². The lowest BCUT2D eigenvalue weighted by atomic mass is 10.2. The van der Waals surface area contributed by atoms with E-state index in [0.29, 0.717) is 10.4 Å². The Hall–Kier alpha value is -1.81. The van der Waals surface area contributed by atoms with Crippen LogP contribution in [0.4, 0.5) is 0 Å². The number of amides is 1. The second-order valence-electron chi connectivity index (χ2n) is 6.75. The predicted octanol–water partition coefficient (Wildman–Crippen LogP) is 3.53. The lowest BCUT2D eigenvalue weighted by Gasteiger charge is -2.16. The number of fused-ring (bicyclic) bond motifs is 1. The van der Waals surface area contributed by atoms with E-state index in [9.17, 15) is 13.2 Å². The molecule has 1 fully saturated rings. The number of carbonyl (C=O) groups is 1. The Morgan fingerprint density at radius 1 is 1.21 bits per heavy atom. The maximum atomic E-state index is 12.6. The van der Waals surface area contributed by atoms with E-state index in [1.165, 1.54) is 39.9 Å². The Kier molecular flexibility index (Phi) is 5.03. The fourth-order valence-electron chi connectivity index (χ4n) is 2.94. The van der Waals surface area contributed by atoms with Gasteiger partial charge in [0.1, 0.15) is 0 Å². The van der Waals surface area contributed by atoms with Crippen molar-refractivity contribution in [2.75, 3.05) is 7.05 Å². The number of hydrogen-bond acceptors (Lipinski definition) is 4. The molecule has 146 valence electrons. The van der Waals surface area contributed by atoms with E-state index in [0.717, 1.165) is 27.5 Å². The van der Waals surface area contributed by atoms with Gasteiger partial charge in [0, 0.05) is 30.2 Å². The van der Waals surface area contributed by atoms with Crippen molar-refractivity contribution >= 4 is 53.4 Å². The van der Waals surface area contributed by atoms with Crippen molar-refractivity contribution < 1.29 is 13.2 Å². The average Bonchev–Trinajstić information content (AvgIpc) is 3.47. The van der Waals surface area contributed by atoms with Crippen LogP contribution in [0.25, 0.3) is 10.2 Å². The standard InChI is InChI=1S/C19H18BrN3O3S2/c1-22-16-10-5-13(20)11-17(16)27-19(22)21-18(24)12-3-8-15(9-4-12)28(25,26)23(2)14-6-7-14/h3-5,8-11,14H,6-7H2,1-2H3. The molecule has 1 heterocycles. The maximum Gasteiger partial charge on any atom is 0.279 e. The highest BCUT2D eigenvalue weighted by Crippen LogP contribution is 2.30. The monoisotopic (exact) mass is 479 g/mol. The highest BCUT2D eigenvalue weighted by Gasteiger charge is 2.34. The van der Waals surface area contributed by atoms with E-state index in [4.69, 9.17) is 0 Å². The molecule has 1 aliphatic rings. The summed E-state index contributed by atoms with van der Waals surface area (Å²) in [5.41, 5.74) is 1.34. The molecule has 0 unspecified atom stereocenters. The van der Waals surface area contributed by atoms with Gasteiger partial charge in [-0.15, -0.1) is 0 Å². The Balaban J connectivity index is 1.64. The number of aromatic nitrogens is 1. The van der Waals surface area contributed by atoms with Crippen molar-refractivity contribution in [1.29, 1.82) is 0 Å². The van der Waals surface area contributed by atoms with Crippen molar-refractivity contribution in [3.8, 4) is 0 Å². The minimum absolute atomic E-state index is 0.0920. The summed E-state index contributed by atoms with van der Waals surface area (Å²) in [6.45, 7) is 0. The summed E-state index contributed by atoms with van der Waals surface area (Å²) in [7, 11) is -0.0585. The largest absolute Gasteiger partial charge is 0.319 e. The number of sulfonamides is 1. The van der Waals surface area contributed by atoms with Crippen molar-refractivity contribution in [3.63, 3.8) is 0 Å². The van der Waals surface area contributed by atoms with Gasteiger partial charge in [-0.1, -0.05) is 27.3 Å². The molecule has 6 nitrogen and oxygen atoms in total. The lowest BCUT2D eigenvalue weighted by Crippen LogP contribution is -2.28. The van der Waals surface area contributed by atoms with Crippen LogP contribution in [-0.2, 0) is 17.1 Å². The van der Waals surface area contributed by atoms with Crippen LogP contribution in [0.5, 0.6) is 0 Å². The number of rotatable bonds is 4. The normalized spacial score (nSPS) is 15.5. The zero-order valence-corrected chi connectivity index (χ0v) is 18.5. The fourth-order valence-corrected chi connectivity index (χ4v) is 5.92. The highest BCUT2D eigenvalue weighted by atomic mass is 79.9. The van der Waals surface area contributed by atoms with Gasteiger partial charge in [0.25, 0.3) is 5.91 Å². The van der Waals surface area contributed by atoms with Gasteiger partial charge in [-0.3, -0.25) is 4.79 Å². The number of halogens is 1. The Bertz CT molecular complexity index is 1240. The molecule has 0 bridgehead atoms. The predicted molar refractivity (Wildman–Crippen MR) is 113 cm³/mol. The molecule has 1 amide bonds. The Morgan fingerprint density at radius 2 is 1.89 bits per heavy atom. The number of carbonyl (C=O) groups excluding carboxylic acids is 1. The topological polar surface area (TPSA) is 71.7 Å². The van der Waals surface area contributed by atoms with E-state index in [1.54, 1.807) is 7.05 Å². The molecular formula is C19H18BrN3O3S2. The molecule has 4 rings (SSSR count). The summed E-state index contributed by atoms with van der Waals surface area (Å²) in [5, 5.41) is 0. The summed E-state index contributed by atoms with van der Waals surface area (Å²) >= 11 is 4.87. The van der Waals surface area contributed by atoms with Crippen molar-refractivity contribution in [1.82, 2.24) is 8.87 Å². The van der Waals surface area contributed by atoms with Crippen LogP contribution in [-0.4, -0.2) is 36.3 Å². The van der Waals surface area contributed by atoms with Gasteiger partial charge in [-0.05, 0) is 55.3 Å². The van der Waals surface area contributed by atoms with Crippen LogP contribution < -0.4 is 4.80 Å². The minimum Gasteiger partial charge on any atom is -0.319 e. The summed E-state index contributed by atoms with van der Waals surface area (Å²) in [6, 6.07) is 12.0. The molecule has 0 saturated heterocycles. The van der Waals surface area contributed by atoms with Crippen LogP contribution in [0.1, 0.15) is 23.2 Å².